The molecule has 5 unspecified atom stereocenters. The molecule has 0 rings (SSSR count). The predicted molar refractivity (Wildman–Crippen MR) is 445 cm³/mol. The average Bonchev–Trinajstić information content (AvgIpc) is 0.906. The molecule has 18 heteroatoms. The number of allylic oxidation sites excluding steroid dienone is 26. The summed E-state index contributed by atoms with van der Waals surface area (Å²) in [6.45, 7) is 2.41. The molecule has 0 aliphatic carbocycles. The van der Waals surface area contributed by atoms with Crippen LogP contribution in [0, 0.1) is 0 Å². The van der Waals surface area contributed by atoms with E-state index in [0.717, 1.165) is 167 Å². The third kappa shape index (κ3) is 82.0. The Bertz CT molecular complexity index is 2580. The Kier molecular flexibility index (Phi) is 77.0. The predicted octanol–water partition coefficient (Wildman–Crippen LogP) is 25.0. The molecular formula is C89H150O16P2. The third-order valence-electron chi connectivity index (χ3n) is 17.2. The number of hydrogen-bond donors (Lipinski definition) is 4. The molecule has 0 spiro atoms. The fraction of sp³-hybridized carbons (Fsp3) is 0.674. The van der Waals surface area contributed by atoms with Crippen molar-refractivity contribution in [3.63, 3.8) is 0 Å². The summed E-state index contributed by atoms with van der Waals surface area (Å²) in [7, 11) is -9.81. The van der Waals surface area contributed by atoms with Gasteiger partial charge in [0.05, 0.1) is 26.4 Å². The highest BCUT2D eigenvalue weighted by atomic mass is 31.2. The highest BCUT2D eigenvalue weighted by molar-refractivity contribution is 7.47. The number of carbonyl (C=O) groups is 3. The maximum atomic E-state index is 13.0. The van der Waals surface area contributed by atoms with E-state index in [2.05, 4.69) is 179 Å². The summed E-state index contributed by atoms with van der Waals surface area (Å²) in [5.41, 5.74) is 0. The van der Waals surface area contributed by atoms with Crippen LogP contribution in [0.1, 0.15) is 329 Å². The fourth-order valence-corrected chi connectivity index (χ4v) is 12.5. The minimum absolute atomic E-state index is 0.0801. The van der Waals surface area contributed by atoms with E-state index >= 15 is 0 Å². The topological polar surface area (TPSA) is 231 Å². The standard InChI is InChI=1S/C89H150O16P2/c1-4-7-10-13-16-19-22-25-28-30-32-34-36-38-39-40-41-42-43-45-47-48-50-52-55-57-60-63-66-69-72-75-87(92)99-78-84(90)79-101-106(95,96)102-80-85(91)81-103-107(97,98)104-83-86(105-89(94)77-74-71-68-65-62-59-54-27-24-21-18-15-12-9-6-3)82-100-88(93)76-73-70-67-64-61-58-56-53-51-49-46-44-37-35-33-31-29-26-23-20-17-14-11-8-5-2/h7,9-10,12,16-21,25-29,32-35,38-39,41-42,44,46,54,84-86,90-91H,4-6,8,11,13-15,22-24,30-31,36-37,40,43,45,47-53,55-83H2,1-3H3,(H,95,96)(H,97,98)/b10-7-,12-9-,19-16-,20-17-,21-18-,28-25-,29-26-,34-32-,35-33-,39-38-,42-41-,46-44-,54-27-. The molecular weight excluding hydrogens is 1390 g/mol. The lowest BCUT2D eigenvalue weighted by Gasteiger charge is -2.21. The number of unbranched alkanes of at least 4 members (excludes halogenated alkanes) is 29. The zero-order chi connectivity index (χ0) is 78.0. The quantitative estimate of drug-likeness (QED) is 0.0146. The van der Waals surface area contributed by atoms with E-state index in [4.69, 9.17) is 32.3 Å². The van der Waals surface area contributed by atoms with Crippen molar-refractivity contribution in [2.75, 3.05) is 39.6 Å². The van der Waals surface area contributed by atoms with Crippen LogP contribution in [0.5, 0.6) is 0 Å². The van der Waals surface area contributed by atoms with Gasteiger partial charge in [-0.3, -0.25) is 32.5 Å². The summed E-state index contributed by atoms with van der Waals surface area (Å²) in [4.78, 5) is 58.7. The van der Waals surface area contributed by atoms with Crippen molar-refractivity contribution < 1.29 is 75.8 Å². The van der Waals surface area contributed by atoms with Gasteiger partial charge in [-0.05, 0) is 148 Å². The summed E-state index contributed by atoms with van der Waals surface area (Å²) in [5.74, 6) is -1.60. The van der Waals surface area contributed by atoms with E-state index in [0.29, 0.717) is 19.3 Å². The lowest BCUT2D eigenvalue weighted by atomic mass is 10.0. The minimum atomic E-state index is -4.94. The van der Waals surface area contributed by atoms with Crippen molar-refractivity contribution in [1.82, 2.24) is 0 Å². The molecule has 107 heavy (non-hydrogen) atoms. The summed E-state index contributed by atoms with van der Waals surface area (Å²) >= 11 is 0. The Labute approximate surface area is 650 Å². The normalized spacial score (nSPS) is 14.7. The molecule has 0 aliphatic rings. The number of phosphoric acid groups is 2. The van der Waals surface area contributed by atoms with Crippen molar-refractivity contribution in [3.05, 3.63) is 158 Å². The van der Waals surface area contributed by atoms with Crippen LogP contribution in [-0.4, -0.2) is 95.9 Å². The molecule has 612 valence electrons. The lowest BCUT2D eigenvalue weighted by Crippen LogP contribution is -2.30. The van der Waals surface area contributed by atoms with Gasteiger partial charge in [0.2, 0.25) is 0 Å². The van der Waals surface area contributed by atoms with Gasteiger partial charge in [-0.2, -0.15) is 0 Å². The first kappa shape index (κ1) is 102. The highest BCUT2D eigenvalue weighted by Gasteiger charge is 2.29. The number of esters is 3. The highest BCUT2D eigenvalue weighted by Crippen LogP contribution is 2.45. The third-order valence-corrected chi connectivity index (χ3v) is 19.1. The molecule has 0 amide bonds. The molecule has 0 saturated heterocycles. The second kappa shape index (κ2) is 80.7. The van der Waals surface area contributed by atoms with Crippen LogP contribution in [0.3, 0.4) is 0 Å². The molecule has 0 fully saturated rings. The minimum Gasteiger partial charge on any atom is -0.463 e. The number of hydrogen-bond acceptors (Lipinski definition) is 14. The van der Waals surface area contributed by atoms with Crippen molar-refractivity contribution in [2.24, 2.45) is 0 Å². The van der Waals surface area contributed by atoms with Crippen LogP contribution in [0.2, 0.25) is 0 Å². The molecule has 0 saturated carbocycles. The van der Waals surface area contributed by atoms with Crippen LogP contribution in [0.4, 0.5) is 0 Å². The van der Waals surface area contributed by atoms with Crippen LogP contribution in [0.15, 0.2) is 158 Å². The average molecular weight is 1540 g/mol. The van der Waals surface area contributed by atoms with E-state index in [1.165, 1.54) is 103 Å². The van der Waals surface area contributed by atoms with Gasteiger partial charge >= 0.3 is 33.6 Å². The smallest absolute Gasteiger partial charge is 0.463 e. The molecule has 0 aromatic rings. The van der Waals surface area contributed by atoms with Crippen molar-refractivity contribution in [1.29, 1.82) is 0 Å². The monoisotopic (exact) mass is 1540 g/mol. The van der Waals surface area contributed by atoms with Gasteiger partial charge in [0.25, 0.3) is 0 Å². The van der Waals surface area contributed by atoms with E-state index < -0.39 is 91.5 Å². The van der Waals surface area contributed by atoms with Gasteiger partial charge in [-0.15, -0.1) is 0 Å². The zero-order valence-corrected chi connectivity index (χ0v) is 68.8. The van der Waals surface area contributed by atoms with Crippen LogP contribution < -0.4 is 0 Å². The molecule has 0 aromatic heterocycles. The number of carbonyl (C=O) groups excluding carboxylic acids is 3. The van der Waals surface area contributed by atoms with Crippen molar-refractivity contribution in [3.8, 4) is 0 Å². The molecule has 0 aliphatic heterocycles. The lowest BCUT2D eigenvalue weighted by molar-refractivity contribution is -0.161. The number of ether oxygens (including phenoxy) is 3. The maximum Gasteiger partial charge on any atom is 0.472 e. The van der Waals surface area contributed by atoms with Crippen LogP contribution in [-0.2, 0) is 55.8 Å². The molecule has 0 heterocycles. The van der Waals surface area contributed by atoms with Gasteiger partial charge in [-0.1, -0.05) is 320 Å². The Balaban J connectivity index is 4.53. The first-order chi connectivity index (χ1) is 52.2. The molecule has 4 N–H and O–H groups in total. The van der Waals surface area contributed by atoms with Gasteiger partial charge in [-0.25, -0.2) is 9.13 Å². The van der Waals surface area contributed by atoms with Gasteiger partial charge in [0.1, 0.15) is 25.4 Å². The van der Waals surface area contributed by atoms with E-state index in [1.807, 2.05) is 0 Å². The van der Waals surface area contributed by atoms with E-state index in [1.54, 1.807) is 0 Å². The maximum absolute atomic E-state index is 13.0. The Morgan fingerprint density at radius 3 is 0.785 bits per heavy atom. The summed E-state index contributed by atoms with van der Waals surface area (Å²) in [6, 6.07) is 0. The van der Waals surface area contributed by atoms with Crippen molar-refractivity contribution in [2.45, 2.75) is 347 Å². The van der Waals surface area contributed by atoms with Gasteiger partial charge < -0.3 is 34.2 Å². The van der Waals surface area contributed by atoms with Gasteiger partial charge in [0, 0.05) is 19.3 Å². The number of rotatable bonds is 78. The fourth-order valence-electron chi connectivity index (χ4n) is 10.9. The molecule has 16 nitrogen and oxygen atoms in total. The van der Waals surface area contributed by atoms with Crippen LogP contribution >= 0.6 is 15.6 Å². The Morgan fingerprint density at radius 2 is 0.495 bits per heavy atom. The summed E-state index contributed by atoms with van der Waals surface area (Å²) < 4.78 is 61.2. The SMILES string of the molecule is CC/C=C\C/C=C\C/C=C\C/C=C\C/C=C\C/C=C\CCCCCCCCCCCCCCC(=O)OCC(O)COP(=O)(O)OCC(O)COP(=O)(O)OCC(COC(=O)CCCCCCCCCCC/C=C\C/C=C\C/C=C\C/C=C\CCCCC)OC(=O)CCCCCCC/C=C\C/C=C\C/C=C\CC. The second-order valence-corrected chi connectivity index (χ2v) is 30.4. The van der Waals surface area contributed by atoms with Crippen LogP contribution in [0.25, 0.3) is 0 Å². The zero-order valence-electron chi connectivity index (χ0n) is 67.0. The molecule has 0 bridgehead atoms. The number of aliphatic hydroxyl groups excluding tert-OH is 2. The first-order valence-corrected chi connectivity index (χ1v) is 44.8. The summed E-state index contributed by atoms with van der Waals surface area (Å²) in [5, 5.41) is 20.7. The van der Waals surface area contributed by atoms with Gasteiger partial charge in [0.15, 0.2) is 6.10 Å². The first-order valence-electron chi connectivity index (χ1n) is 41.8. The molecule has 5 atom stereocenters. The molecule has 0 aromatic carbocycles. The second-order valence-electron chi connectivity index (χ2n) is 27.5. The van der Waals surface area contributed by atoms with E-state index in [-0.39, 0.29) is 19.3 Å². The molecule has 0 radical (unpaired) electrons. The Morgan fingerprint density at radius 1 is 0.271 bits per heavy atom. The van der Waals surface area contributed by atoms with Crippen molar-refractivity contribution >= 4 is 33.6 Å². The Hall–Kier alpha value is -4.83. The number of aliphatic hydroxyl groups is 2. The number of phosphoric ester groups is 2. The summed E-state index contributed by atoms with van der Waals surface area (Å²) in [6.07, 6.45) is 101. The largest absolute Gasteiger partial charge is 0.472 e. The van der Waals surface area contributed by atoms with E-state index in [9.17, 15) is 43.5 Å².